The number of hydrogen-bond donors (Lipinski definition) is 1. The molecule has 1 heterocycles. The number of carbonyl (C=O) groups is 1. The number of hydrogen-bond acceptors (Lipinski definition) is 3. The molecule has 0 aromatic carbocycles. The average Bonchev–Trinajstić information content (AvgIpc) is 2.98. The molecular formula is C15H27NO3. The van der Waals surface area contributed by atoms with Gasteiger partial charge in [-0.05, 0) is 64.2 Å². The van der Waals surface area contributed by atoms with E-state index in [0.717, 1.165) is 44.7 Å². The number of rotatable bonds is 3. The van der Waals surface area contributed by atoms with Crippen molar-refractivity contribution in [3.8, 4) is 0 Å². The Morgan fingerprint density at radius 3 is 2.53 bits per heavy atom. The van der Waals surface area contributed by atoms with Gasteiger partial charge in [0.05, 0.1) is 0 Å². The molecule has 4 nitrogen and oxygen atoms in total. The Labute approximate surface area is 116 Å². The van der Waals surface area contributed by atoms with Crippen LogP contribution in [0.4, 0.5) is 4.79 Å². The van der Waals surface area contributed by atoms with E-state index in [1.165, 1.54) is 6.42 Å². The summed E-state index contributed by atoms with van der Waals surface area (Å²) in [5.41, 5.74) is 0.0726. The standard InChI is InChI=1S/C15H27NO3/c1-14(2,3)19-13(18)16-8-6-15(7-9-16)11-12(15)5-4-10-17/h12,17H,4-11H2,1-3H3. The smallest absolute Gasteiger partial charge is 0.410 e. The predicted octanol–water partition coefficient (Wildman–Crippen LogP) is 2.80. The molecule has 4 heteroatoms. The lowest BCUT2D eigenvalue weighted by molar-refractivity contribution is 0.0164. The molecule has 2 rings (SSSR count). The van der Waals surface area contributed by atoms with Crippen LogP contribution in [0.5, 0.6) is 0 Å². The number of amides is 1. The summed E-state index contributed by atoms with van der Waals surface area (Å²) in [7, 11) is 0. The Bertz CT molecular complexity index is 327. The van der Waals surface area contributed by atoms with E-state index in [-0.39, 0.29) is 6.09 Å². The summed E-state index contributed by atoms with van der Waals surface area (Å²) in [5.74, 6) is 0.778. The second-order valence-electron chi connectivity index (χ2n) is 7.10. The monoisotopic (exact) mass is 269 g/mol. The Balaban J connectivity index is 1.76. The van der Waals surface area contributed by atoms with Crippen LogP contribution in [0.25, 0.3) is 0 Å². The molecule has 1 atom stereocenters. The average molecular weight is 269 g/mol. The van der Waals surface area contributed by atoms with E-state index < -0.39 is 5.60 Å². The van der Waals surface area contributed by atoms with Crippen LogP contribution in [0.1, 0.15) is 52.9 Å². The minimum atomic E-state index is -0.407. The molecule has 0 aromatic heterocycles. The molecule has 110 valence electrons. The minimum Gasteiger partial charge on any atom is -0.444 e. The van der Waals surface area contributed by atoms with E-state index in [0.29, 0.717) is 12.0 Å². The third kappa shape index (κ3) is 3.62. The molecule has 1 aliphatic carbocycles. The van der Waals surface area contributed by atoms with Gasteiger partial charge in [-0.15, -0.1) is 0 Å². The van der Waals surface area contributed by atoms with Crippen LogP contribution in [0.2, 0.25) is 0 Å². The highest BCUT2D eigenvalue weighted by Crippen LogP contribution is 2.61. The molecule has 1 unspecified atom stereocenters. The van der Waals surface area contributed by atoms with Crippen molar-refractivity contribution in [2.45, 2.75) is 58.5 Å². The number of nitrogens with zero attached hydrogens (tertiary/aromatic N) is 1. The molecule has 1 aliphatic heterocycles. The molecule has 1 amide bonds. The van der Waals surface area contributed by atoms with Gasteiger partial charge in [0.1, 0.15) is 5.60 Å². The molecule has 0 aromatic rings. The summed E-state index contributed by atoms with van der Waals surface area (Å²) in [4.78, 5) is 13.8. The Kier molecular flexibility index (Phi) is 4.09. The van der Waals surface area contributed by atoms with Crippen molar-refractivity contribution in [1.82, 2.24) is 4.90 Å². The van der Waals surface area contributed by atoms with Crippen molar-refractivity contribution >= 4 is 6.09 Å². The van der Waals surface area contributed by atoms with Gasteiger partial charge in [-0.25, -0.2) is 4.79 Å². The van der Waals surface area contributed by atoms with Crippen LogP contribution in [-0.2, 0) is 4.74 Å². The Hall–Kier alpha value is -0.770. The fourth-order valence-electron chi connectivity index (χ4n) is 3.25. The zero-order valence-corrected chi connectivity index (χ0v) is 12.4. The second-order valence-corrected chi connectivity index (χ2v) is 7.10. The van der Waals surface area contributed by atoms with Crippen LogP contribution in [0.15, 0.2) is 0 Å². The molecule has 0 radical (unpaired) electrons. The molecule has 1 saturated heterocycles. The van der Waals surface area contributed by atoms with Gasteiger partial charge in [0.15, 0.2) is 0 Å². The van der Waals surface area contributed by atoms with Crippen LogP contribution in [0, 0.1) is 11.3 Å². The molecule has 1 spiro atoms. The number of ether oxygens (including phenoxy) is 1. The lowest BCUT2D eigenvalue weighted by Crippen LogP contribution is -2.42. The van der Waals surface area contributed by atoms with Crippen molar-refractivity contribution in [2.75, 3.05) is 19.7 Å². The maximum atomic E-state index is 12.0. The topological polar surface area (TPSA) is 49.8 Å². The maximum absolute atomic E-state index is 12.0. The first kappa shape index (κ1) is 14.6. The SMILES string of the molecule is CC(C)(C)OC(=O)N1CCC2(CC1)CC2CCCO. The fourth-order valence-corrected chi connectivity index (χ4v) is 3.25. The number of piperidine rings is 1. The summed E-state index contributed by atoms with van der Waals surface area (Å²) in [6, 6.07) is 0. The quantitative estimate of drug-likeness (QED) is 0.857. The highest BCUT2D eigenvalue weighted by atomic mass is 16.6. The number of aliphatic hydroxyl groups excluding tert-OH is 1. The van der Waals surface area contributed by atoms with E-state index in [1.54, 1.807) is 0 Å². The molecule has 2 fully saturated rings. The summed E-state index contributed by atoms with van der Waals surface area (Å²) < 4.78 is 5.41. The summed E-state index contributed by atoms with van der Waals surface area (Å²) >= 11 is 0. The fraction of sp³-hybridized carbons (Fsp3) is 0.933. The minimum absolute atomic E-state index is 0.171. The van der Waals surface area contributed by atoms with Gasteiger partial charge < -0.3 is 14.7 Å². The van der Waals surface area contributed by atoms with E-state index in [9.17, 15) is 4.79 Å². The first-order valence-corrected chi connectivity index (χ1v) is 7.45. The van der Waals surface area contributed by atoms with Gasteiger partial charge in [-0.2, -0.15) is 0 Å². The summed E-state index contributed by atoms with van der Waals surface area (Å²) in [5, 5.41) is 8.88. The number of likely N-dealkylation sites (tertiary alicyclic amines) is 1. The van der Waals surface area contributed by atoms with E-state index >= 15 is 0 Å². The van der Waals surface area contributed by atoms with Gasteiger partial charge in [0, 0.05) is 19.7 Å². The molecule has 1 saturated carbocycles. The first-order valence-electron chi connectivity index (χ1n) is 7.45. The lowest BCUT2D eigenvalue weighted by Gasteiger charge is -2.34. The number of carbonyl (C=O) groups excluding carboxylic acids is 1. The van der Waals surface area contributed by atoms with Crippen molar-refractivity contribution in [2.24, 2.45) is 11.3 Å². The van der Waals surface area contributed by atoms with Crippen LogP contribution >= 0.6 is 0 Å². The second kappa shape index (κ2) is 5.31. The van der Waals surface area contributed by atoms with Crippen LogP contribution in [0.3, 0.4) is 0 Å². The van der Waals surface area contributed by atoms with Crippen molar-refractivity contribution in [1.29, 1.82) is 0 Å². The molecule has 1 N–H and O–H groups in total. The van der Waals surface area contributed by atoms with Crippen molar-refractivity contribution in [3.05, 3.63) is 0 Å². The lowest BCUT2D eigenvalue weighted by atomic mass is 9.90. The van der Waals surface area contributed by atoms with Crippen LogP contribution < -0.4 is 0 Å². The Morgan fingerprint density at radius 1 is 1.37 bits per heavy atom. The van der Waals surface area contributed by atoms with Gasteiger partial charge in [0.25, 0.3) is 0 Å². The first-order chi connectivity index (χ1) is 8.86. The molecule has 2 aliphatic rings. The Morgan fingerprint density at radius 2 is 2.00 bits per heavy atom. The van der Waals surface area contributed by atoms with Gasteiger partial charge >= 0.3 is 6.09 Å². The van der Waals surface area contributed by atoms with E-state index in [1.807, 2.05) is 25.7 Å². The zero-order chi connectivity index (χ0) is 14.1. The molecular weight excluding hydrogens is 242 g/mol. The van der Waals surface area contributed by atoms with E-state index in [4.69, 9.17) is 9.84 Å². The highest BCUT2D eigenvalue weighted by Gasteiger charge is 2.54. The molecule has 0 bridgehead atoms. The third-order valence-corrected chi connectivity index (χ3v) is 4.48. The largest absolute Gasteiger partial charge is 0.444 e. The van der Waals surface area contributed by atoms with Gasteiger partial charge in [0.2, 0.25) is 0 Å². The van der Waals surface area contributed by atoms with Crippen molar-refractivity contribution in [3.63, 3.8) is 0 Å². The number of aliphatic hydroxyl groups is 1. The van der Waals surface area contributed by atoms with Gasteiger partial charge in [-0.3, -0.25) is 0 Å². The predicted molar refractivity (Wildman–Crippen MR) is 73.9 cm³/mol. The van der Waals surface area contributed by atoms with E-state index in [2.05, 4.69) is 0 Å². The normalized spacial score (nSPS) is 25.5. The summed E-state index contributed by atoms with van der Waals surface area (Å²) in [6.07, 6.45) is 5.38. The zero-order valence-electron chi connectivity index (χ0n) is 12.4. The third-order valence-electron chi connectivity index (χ3n) is 4.48. The molecule has 19 heavy (non-hydrogen) atoms. The van der Waals surface area contributed by atoms with Gasteiger partial charge in [-0.1, -0.05) is 0 Å². The summed E-state index contributed by atoms with van der Waals surface area (Å²) in [6.45, 7) is 7.66. The highest BCUT2D eigenvalue weighted by molar-refractivity contribution is 5.68. The van der Waals surface area contributed by atoms with Crippen LogP contribution in [-0.4, -0.2) is 41.4 Å². The maximum Gasteiger partial charge on any atom is 0.410 e. The van der Waals surface area contributed by atoms with Crippen molar-refractivity contribution < 1.29 is 14.6 Å².